The van der Waals surface area contributed by atoms with Crippen LogP contribution in [0.5, 0.6) is 0 Å². The molecule has 0 aliphatic carbocycles. The van der Waals surface area contributed by atoms with Crippen molar-refractivity contribution in [1.82, 2.24) is 0 Å². The molecular formula is C12H18ClNS. The van der Waals surface area contributed by atoms with Gasteiger partial charge in [0.15, 0.2) is 0 Å². The Labute approximate surface area is 101 Å². The first-order valence-corrected chi connectivity index (χ1v) is 6.65. The Bertz CT molecular complexity index is 314. The SMILES string of the molecule is CCC(C)CSc1cc(Cl)ccc1CN. The minimum Gasteiger partial charge on any atom is -0.326 e. The molecule has 0 aliphatic heterocycles. The lowest BCUT2D eigenvalue weighted by Crippen LogP contribution is -2.00. The molecule has 1 aromatic rings. The van der Waals surface area contributed by atoms with Gasteiger partial charge in [0.25, 0.3) is 0 Å². The third-order valence-corrected chi connectivity index (χ3v) is 4.13. The summed E-state index contributed by atoms with van der Waals surface area (Å²) < 4.78 is 0. The van der Waals surface area contributed by atoms with Crippen LogP contribution < -0.4 is 5.73 Å². The van der Waals surface area contributed by atoms with Crippen LogP contribution in [-0.4, -0.2) is 5.75 Å². The van der Waals surface area contributed by atoms with Crippen molar-refractivity contribution in [3.05, 3.63) is 28.8 Å². The van der Waals surface area contributed by atoms with Gasteiger partial charge >= 0.3 is 0 Å². The molecule has 15 heavy (non-hydrogen) atoms. The lowest BCUT2D eigenvalue weighted by molar-refractivity contribution is 0.637. The minimum absolute atomic E-state index is 0.583. The van der Waals surface area contributed by atoms with E-state index in [1.165, 1.54) is 16.9 Å². The number of hydrogen-bond donors (Lipinski definition) is 1. The first kappa shape index (κ1) is 12.9. The van der Waals surface area contributed by atoms with E-state index in [4.69, 9.17) is 17.3 Å². The standard InChI is InChI=1S/C12H18ClNS/c1-3-9(2)8-15-12-6-11(13)5-4-10(12)7-14/h4-6,9H,3,7-8,14H2,1-2H3. The Balaban J connectivity index is 2.69. The fourth-order valence-corrected chi connectivity index (χ4v) is 2.66. The molecule has 0 saturated carbocycles. The number of rotatable bonds is 5. The van der Waals surface area contributed by atoms with Gasteiger partial charge in [0.2, 0.25) is 0 Å². The minimum atomic E-state index is 0.583. The van der Waals surface area contributed by atoms with Crippen molar-refractivity contribution in [3.8, 4) is 0 Å². The molecule has 0 aromatic heterocycles. The molecule has 1 rings (SSSR count). The fourth-order valence-electron chi connectivity index (χ4n) is 1.18. The highest BCUT2D eigenvalue weighted by Gasteiger charge is 2.05. The van der Waals surface area contributed by atoms with Crippen molar-refractivity contribution in [2.75, 3.05) is 5.75 Å². The molecule has 0 bridgehead atoms. The van der Waals surface area contributed by atoms with Gasteiger partial charge in [-0.1, -0.05) is 37.9 Å². The van der Waals surface area contributed by atoms with E-state index >= 15 is 0 Å². The van der Waals surface area contributed by atoms with E-state index in [-0.39, 0.29) is 0 Å². The Morgan fingerprint density at radius 2 is 2.20 bits per heavy atom. The average molecular weight is 244 g/mol. The van der Waals surface area contributed by atoms with Gasteiger partial charge in [0.1, 0.15) is 0 Å². The van der Waals surface area contributed by atoms with Crippen LogP contribution >= 0.6 is 23.4 Å². The number of hydrogen-bond acceptors (Lipinski definition) is 2. The summed E-state index contributed by atoms with van der Waals surface area (Å²) in [6.45, 7) is 5.06. The Morgan fingerprint density at radius 3 is 2.80 bits per heavy atom. The molecule has 84 valence electrons. The lowest BCUT2D eigenvalue weighted by Gasteiger charge is -2.11. The van der Waals surface area contributed by atoms with Crippen molar-refractivity contribution < 1.29 is 0 Å². The van der Waals surface area contributed by atoms with Crippen LogP contribution in [0.15, 0.2) is 23.1 Å². The molecule has 0 fully saturated rings. The highest BCUT2D eigenvalue weighted by molar-refractivity contribution is 7.99. The van der Waals surface area contributed by atoms with Gasteiger partial charge in [0.05, 0.1) is 0 Å². The van der Waals surface area contributed by atoms with Crippen molar-refractivity contribution in [1.29, 1.82) is 0 Å². The number of benzene rings is 1. The van der Waals surface area contributed by atoms with Crippen LogP contribution in [0.25, 0.3) is 0 Å². The molecule has 1 unspecified atom stereocenters. The van der Waals surface area contributed by atoms with Crippen LogP contribution in [0.3, 0.4) is 0 Å². The molecule has 0 saturated heterocycles. The number of thioether (sulfide) groups is 1. The van der Waals surface area contributed by atoms with E-state index in [1.54, 1.807) is 0 Å². The maximum atomic E-state index is 5.97. The van der Waals surface area contributed by atoms with Crippen LogP contribution in [-0.2, 0) is 6.54 Å². The second kappa shape index (κ2) is 6.41. The summed E-state index contributed by atoms with van der Waals surface area (Å²) in [6, 6.07) is 5.93. The average Bonchev–Trinajstić information content (AvgIpc) is 2.26. The molecule has 0 spiro atoms. The smallest absolute Gasteiger partial charge is 0.0417 e. The molecule has 1 nitrogen and oxygen atoms in total. The van der Waals surface area contributed by atoms with Gasteiger partial charge in [-0.2, -0.15) is 0 Å². The van der Waals surface area contributed by atoms with Crippen LogP contribution in [0.2, 0.25) is 5.02 Å². The van der Waals surface area contributed by atoms with Gasteiger partial charge in [-0.15, -0.1) is 11.8 Å². The van der Waals surface area contributed by atoms with E-state index in [1.807, 2.05) is 30.0 Å². The third-order valence-electron chi connectivity index (χ3n) is 2.47. The van der Waals surface area contributed by atoms with Crippen LogP contribution in [0.4, 0.5) is 0 Å². The van der Waals surface area contributed by atoms with Crippen molar-refractivity contribution in [2.24, 2.45) is 11.7 Å². The van der Waals surface area contributed by atoms with Crippen molar-refractivity contribution >= 4 is 23.4 Å². The van der Waals surface area contributed by atoms with Gasteiger partial charge < -0.3 is 5.73 Å². The first-order chi connectivity index (χ1) is 7.17. The van der Waals surface area contributed by atoms with Crippen molar-refractivity contribution in [3.63, 3.8) is 0 Å². The molecule has 1 aromatic carbocycles. The summed E-state index contributed by atoms with van der Waals surface area (Å²) >= 11 is 7.82. The maximum absolute atomic E-state index is 5.97. The van der Waals surface area contributed by atoms with Gasteiger partial charge in [-0.25, -0.2) is 0 Å². The zero-order chi connectivity index (χ0) is 11.3. The van der Waals surface area contributed by atoms with E-state index < -0.39 is 0 Å². The zero-order valence-electron chi connectivity index (χ0n) is 9.29. The summed E-state index contributed by atoms with van der Waals surface area (Å²) in [7, 11) is 0. The monoisotopic (exact) mass is 243 g/mol. The summed E-state index contributed by atoms with van der Waals surface area (Å²) in [4.78, 5) is 1.23. The van der Waals surface area contributed by atoms with Gasteiger partial charge in [-0.05, 0) is 23.6 Å². The molecule has 2 N–H and O–H groups in total. The summed E-state index contributed by atoms with van der Waals surface area (Å²) in [6.07, 6.45) is 1.21. The molecule has 1 atom stereocenters. The molecule has 0 radical (unpaired) electrons. The Kier molecular flexibility index (Phi) is 5.51. The van der Waals surface area contributed by atoms with Crippen LogP contribution in [0.1, 0.15) is 25.8 Å². The van der Waals surface area contributed by atoms with E-state index in [9.17, 15) is 0 Å². The third kappa shape index (κ3) is 4.06. The fraction of sp³-hybridized carbons (Fsp3) is 0.500. The van der Waals surface area contributed by atoms with Gasteiger partial charge in [0, 0.05) is 22.2 Å². The molecule has 0 aliphatic rings. The first-order valence-electron chi connectivity index (χ1n) is 5.28. The van der Waals surface area contributed by atoms with E-state index in [2.05, 4.69) is 13.8 Å². The summed E-state index contributed by atoms with van der Waals surface area (Å²) in [5.74, 6) is 1.86. The number of halogens is 1. The van der Waals surface area contributed by atoms with E-state index in [0.717, 1.165) is 16.7 Å². The zero-order valence-corrected chi connectivity index (χ0v) is 10.9. The van der Waals surface area contributed by atoms with Crippen molar-refractivity contribution in [2.45, 2.75) is 31.7 Å². The molecule has 3 heteroatoms. The molecular weight excluding hydrogens is 226 g/mol. The number of nitrogens with two attached hydrogens (primary N) is 1. The lowest BCUT2D eigenvalue weighted by atomic mass is 10.2. The second-order valence-corrected chi connectivity index (χ2v) is 5.28. The highest BCUT2D eigenvalue weighted by atomic mass is 35.5. The Morgan fingerprint density at radius 1 is 1.47 bits per heavy atom. The maximum Gasteiger partial charge on any atom is 0.0417 e. The van der Waals surface area contributed by atoms with Crippen LogP contribution in [0, 0.1) is 5.92 Å². The quantitative estimate of drug-likeness (QED) is 0.793. The predicted octanol–water partition coefficient (Wildman–Crippen LogP) is 3.94. The summed E-state index contributed by atoms with van der Waals surface area (Å²) in [5.41, 5.74) is 6.87. The largest absolute Gasteiger partial charge is 0.326 e. The predicted molar refractivity (Wildman–Crippen MR) is 69.5 cm³/mol. The molecule has 0 amide bonds. The highest BCUT2D eigenvalue weighted by Crippen LogP contribution is 2.28. The topological polar surface area (TPSA) is 26.0 Å². The summed E-state index contributed by atoms with van der Waals surface area (Å²) in [5, 5.41) is 0.791. The molecule has 0 heterocycles. The normalized spacial score (nSPS) is 12.8. The Hall–Kier alpha value is -0.180. The van der Waals surface area contributed by atoms with E-state index in [0.29, 0.717) is 6.54 Å². The van der Waals surface area contributed by atoms with Gasteiger partial charge in [-0.3, -0.25) is 0 Å². The second-order valence-electron chi connectivity index (χ2n) is 3.78.